The molecule has 17 heavy (non-hydrogen) atoms. The van der Waals surface area contributed by atoms with Gasteiger partial charge in [-0.05, 0) is 46.4 Å². The summed E-state index contributed by atoms with van der Waals surface area (Å²) in [6, 6.07) is 2.12. The maximum Gasteiger partial charge on any atom is 0.150 e. The van der Waals surface area contributed by atoms with Crippen LogP contribution in [0.4, 0.5) is 0 Å². The average molecular weight is 312 g/mol. The zero-order valence-electron chi connectivity index (χ0n) is 9.77. The van der Waals surface area contributed by atoms with Gasteiger partial charge < -0.3 is 5.32 Å². The average Bonchev–Trinajstić information content (AvgIpc) is 2.74. The van der Waals surface area contributed by atoms with E-state index in [2.05, 4.69) is 49.6 Å². The van der Waals surface area contributed by atoms with Crippen molar-refractivity contribution in [2.45, 2.75) is 19.9 Å². The van der Waals surface area contributed by atoms with Crippen LogP contribution in [0.1, 0.15) is 29.2 Å². The van der Waals surface area contributed by atoms with Gasteiger partial charge in [0.2, 0.25) is 0 Å². The number of halogens is 1. The van der Waals surface area contributed by atoms with Gasteiger partial charge in [0, 0.05) is 21.7 Å². The van der Waals surface area contributed by atoms with E-state index in [9.17, 15) is 0 Å². The number of hydrogen-bond donors (Lipinski definition) is 1. The van der Waals surface area contributed by atoms with E-state index in [0.29, 0.717) is 0 Å². The lowest BCUT2D eigenvalue weighted by Gasteiger charge is -2.15. The molecule has 0 saturated heterocycles. The molecule has 0 aliphatic heterocycles. The van der Waals surface area contributed by atoms with E-state index < -0.39 is 0 Å². The molecule has 3 nitrogen and oxygen atoms in total. The Balaban J connectivity index is 2.35. The van der Waals surface area contributed by atoms with Crippen LogP contribution in [-0.2, 0) is 0 Å². The highest BCUT2D eigenvalue weighted by Gasteiger charge is 2.19. The van der Waals surface area contributed by atoms with Crippen molar-refractivity contribution in [2.75, 3.05) is 6.54 Å². The quantitative estimate of drug-likeness (QED) is 0.941. The second-order valence-corrected chi connectivity index (χ2v) is 5.54. The van der Waals surface area contributed by atoms with Crippen molar-refractivity contribution in [1.82, 2.24) is 15.3 Å². The molecule has 1 N–H and O–H groups in total. The molecule has 0 spiro atoms. The highest BCUT2D eigenvalue weighted by molar-refractivity contribution is 9.10. The van der Waals surface area contributed by atoms with Gasteiger partial charge in [-0.1, -0.05) is 6.92 Å². The molecule has 0 amide bonds. The molecule has 0 aromatic carbocycles. The molecule has 0 aliphatic rings. The summed E-state index contributed by atoms with van der Waals surface area (Å²) in [6.45, 7) is 4.96. The third kappa shape index (κ3) is 2.91. The van der Waals surface area contributed by atoms with Crippen molar-refractivity contribution < 1.29 is 0 Å². The summed E-state index contributed by atoms with van der Waals surface area (Å²) in [5, 5.41) is 5.48. The van der Waals surface area contributed by atoms with Crippen LogP contribution in [0.25, 0.3) is 0 Å². The zero-order valence-corrected chi connectivity index (χ0v) is 12.2. The Morgan fingerprint density at radius 2 is 2.12 bits per heavy atom. The molecular weight excluding hydrogens is 298 g/mol. The van der Waals surface area contributed by atoms with E-state index in [1.807, 2.05) is 19.3 Å². The predicted molar refractivity (Wildman–Crippen MR) is 74.3 cm³/mol. The first kappa shape index (κ1) is 12.7. The van der Waals surface area contributed by atoms with Gasteiger partial charge in [0.25, 0.3) is 0 Å². The third-order valence-electron chi connectivity index (χ3n) is 2.37. The lowest BCUT2D eigenvalue weighted by molar-refractivity contribution is 0.603. The fourth-order valence-electron chi connectivity index (χ4n) is 1.57. The van der Waals surface area contributed by atoms with Crippen LogP contribution in [0.3, 0.4) is 0 Å². The van der Waals surface area contributed by atoms with Crippen molar-refractivity contribution in [3.63, 3.8) is 0 Å². The Morgan fingerprint density at radius 3 is 2.65 bits per heavy atom. The number of thiophene rings is 1. The number of aryl methyl sites for hydroxylation is 1. The second-order valence-electron chi connectivity index (χ2n) is 3.74. The van der Waals surface area contributed by atoms with Gasteiger partial charge in [0.05, 0.1) is 0 Å². The van der Waals surface area contributed by atoms with Crippen LogP contribution in [0, 0.1) is 6.92 Å². The summed E-state index contributed by atoms with van der Waals surface area (Å²) in [5.41, 5.74) is 1.08. The first-order valence-electron chi connectivity index (χ1n) is 5.47. The molecule has 1 unspecified atom stereocenters. The lowest BCUT2D eigenvalue weighted by atomic mass is 10.2. The molecule has 1 atom stereocenters. The van der Waals surface area contributed by atoms with Crippen molar-refractivity contribution in [2.24, 2.45) is 0 Å². The molecule has 0 bridgehead atoms. The van der Waals surface area contributed by atoms with Crippen molar-refractivity contribution in [3.8, 4) is 0 Å². The van der Waals surface area contributed by atoms with E-state index in [1.165, 1.54) is 4.88 Å². The van der Waals surface area contributed by atoms with E-state index in [1.54, 1.807) is 11.3 Å². The van der Waals surface area contributed by atoms with Gasteiger partial charge in [0.15, 0.2) is 5.82 Å². The van der Waals surface area contributed by atoms with Crippen LogP contribution in [0.5, 0.6) is 0 Å². The van der Waals surface area contributed by atoms with Gasteiger partial charge in [-0.3, -0.25) is 0 Å². The SMILES string of the molecule is CCNC(c1ncc(C)cn1)c1sccc1Br. The van der Waals surface area contributed by atoms with Crippen LogP contribution in [0.15, 0.2) is 28.3 Å². The summed E-state index contributed by atoms with van der Waals surface area (Å²) >= 11 is 5.27. The Labute approximate surface area is 113 Å². The summed E-state index contributed by atoms with van der Waals surface area (Å²) in [7, 11) is 0. The first-order chi connectivity index (χ1) is 8.22. The van der Waals surface area contributed by atoms with E-state index in [4.69, 9.17) is 0 Å². The van der Waals surface area contributed by atoms with Crippen LogP contribution in [-0.4, -0.2) is 16.5 Å². The van der Waals surface area contributed by atoms with Gasteiger partial charge in [-0.2, -0.15) is 0 Å². The van der Waals surface area contributed by atoms with E-state index >= 15 is 0 Å². The van der Waals surface area contributed by atoms with Gasteiger partial charge in [-0.15, -0.1) is 11.3 Å². The largest absolute Gasteiger partial charge is 0.303 e. The summed E-state index contributed by atoms with van der Waals surface area (Å²) in [5.74, 6) is 0.820. The van der Waals surface area contributed by atoms with E-state index in [-0.39, 0.29) is 6.04 Å². The van der Waals surface area contributed by atoms with Crippen LogP contribution >= 0.6 is 27.3 Å². The summed E-state index contributed by atoms with van der Waals surface area (Å²) in [6.07, 6.45) is 3.71. The molecule has 2 aromatic heterocycles. The lowest BCUT2D eigenvalue weighted by Crippen LogP contribution is -2.23. The molecule has 0 radical (unpaired) electrons. The molecule has 0 fully saturated rings. The fourth-order valence-corrected chi connectivity index (χ4v) is 3.24. The van der Waals surface area contributed by atoms with Crippen molar-refractivity contribution in [1.29, 1.82) is 0 Å². The number of rotatable bonds is 4. The molecular formula is C12H14BrN3S. The normalized spacial score (nSPS) is 12.6. The van der Waals surface area contributed by atoms with Gasteiger partial charge in [0.1, 0.15) is 6.04 Å². The highest BCUT2D eigenvalue weighted by Crippen LogP contribution is 2.31. The monoisotopic (exact) mass is 311 g/mol. The van der Waals surface area contributed by atoms with Crippen LogP contribution < -0.4 is 5.32 Å². The summed E-state index contributed by atoms with van der Waals surface area (Å²) in [4.78, 5) is 10.0. The highest BCUT2D eigenvalue weighted by atomic mass is 79.9. The smallest absolute Gasteiger partial charge is 0.150 e. The number of hydrogen-bond acceptors (Lipinski definition) is 4. The molecule has 2 rings (SSSR count). The van der Waals surface area contributed by atoms with E-state index in [0.717, 1.165) is 22.4 Å². The molecule has 0 saturated carbocycles. The standard InChI is InChI=1S/C12H14BrN3S/c1-3-14-10(11-9(13)4-5-17-11)12-15-6-8(2)7-16-12/h4-7,10,14H,3H2,1-2H3. The first-order valence-corrected chi connectivity index (χ1v) is 7.14. The maximum atomic E-state index is 4.41. The van der Waals surface area contributed by atoms with Gasteiger partial charge >= 0.3 is 0 Å². The minimum Gasteiger partial charge on any atom is -0.303 e. The molecule has 2 aromatic rings. The van der Waals surface area contributed by atoms with Crippen molar-refractivity contribution in [3.05, 3.63) is 44.6 Å². The van der Waals surface area contributed by atoms with Gasteiger partial charge in [-0.25, -0.2) is 9.97 Å². The molecule has 0 aliphatic carbocycles. The zero-order chi connectivity index (χ0) is 12.3. The Bertz CT molecular complexity index is 481. The molecule has 5 heteroatoms. The number of aromatic nitrogens is 2. The van der Waals surface area contributed by atoms with Crippen molar-refractivity contribution >= 4 is 27.3 Å². The second kappa shape index (κ2) is 5.71. The Hall–Kier alpha value is -0.780. The number of nitrogens with zero attached hydrogens (tertiary/aromatic N) is 2. The minimum atomic E-state index is 0.0648. The third-order valence-corrected chi connectivity index (χ3v) is 4.31. The minimum absolute atomic E-state index is 0.0648. The Morgan fingerprint density at radius 1 is 1.41 bits per heavy atom. The number of nitrogens with one attached hydrogen (secondary N) is 1. The van der Waals surface area contributed by atoms with Crippen LogP contribution in [0.2, 0.25) is 0 Å². The molecule has 2 heterocycles. The molecule has 90 valence electrons. The maximum absolute atomic E-state index is 4.41. The topological polar surface area (TPSA) is 37.8 Å². The summed E-state index contributed by atoms with van der Waals surface area (Å²) < 4.78 is 1.11. The fraction of sp³-hybridized carbons (Fsp3) is 0.333. The predicted octanol–water partition coefficient (Wildman–Crippen LogP) is 3.31. The Kier molecular flexibility index (Phi) is 4.25.